The molecule has 15 heavy (non-hydrogen) atoms. The minimum absolute atomic E-state index is 0.173. The molecule has 1 aromatic heterocycles. The Balaban J connectivity index is 2.58. The number of nitriles is 1. The highest BCUT2D eigenvalue weighted by molar-refractivity contribution is 14.1. The second kappa shape index (κ2) is 4.15. The quantitative estimate of drug-likeness (QED) is 0.597. The molecule has 0 bridgehead atoms. The molecule has 3 heteroatoms. The number of benzene rings is 1. The van der Waals surface area contributed by atoms with Gasteiger partial charge in [0.2, 0.25) is 0 Å². The van der Waals surface area contributed by atoms with Gasteiger partial charge in [0.25, 0.3) is 0 Å². The number of nitrogens with zero attached hydrogens (tertiary/aromatic N) is 2. The average Bonchev–Trinajstić information content (AvgIpc) is 2.27. The lowest BCUT2D eigenvalue weighted by Crippen LogP contribution is -1.91. The van der Waals surface area contributed by atoms with Gasteiger partial charge in [-0.05, 0) is 25.1 Å². The molecule has 0 radical (unpaired) electrons. The number of hydrogen-bond acceptors (Lipinski definition) is 2. The molecule has 0 amide bonds. The van der Waals surface area contributed by atoms with Crippen molar-refractivity contribution in [2.24, 2.45) is 0 Å². The van der Waals surface area contributed by atoms with Crippen LogP contribution in [-0.2, 0) is 0 Å². The van der Waals surface area contributed by atoms with E-state index in [1.54, 1.807) is 0 Å². The summed E-state index contributed by atoms with van der Waals surface area (Å²) in [6.07, 6.45) is 0. The van der Waals surface area contributed by atoms with Crippen LogP contribution in [0.2, 0.25) is 0 Å². The van der Waals surface area contributed by atoms with E-state index in [9.17, 15) is 0 Å². The van der Waals surface area contributed by atoms with E-state index in [4.69, 9.17) is 5.26 Å². The second-order valence-corrected chi connectivity index (χ2v) is 4.67. The maximum atomic E-state index is 8.81. The van der Waals surface area contributed by atoms with Crippen LogP contribution in [0.15, 0.2) is 30.3 Å². The third kappa shape index (κ3) is 2.10. The first-order chi connectivity index (χ1) is 7.20. The van der Waals surface area contributed by atoms with Crippen molar-refractivity contribution in [3.05, 3.63) is 41.6 Å². The number of hydrogen-bond donors (Lipinski definition) is 0. The van der Waals surface area contributed by atoms with Crippen molar-refractivity contribution in [3.63, 3.8) is 0 Å². The highest BCUT2D eigenvalue weighted by Crippen LogP contribution is 2.23. The average molecular weight is 308 g/mol. The van der Waals surface area contributed by atoms with Gasteiger partial charge in [0.1, 0.15) is 3.92 Å². The lowest BCUT2D eigenvalue weighted by molar-refractivity contribution is 1.15. The molecule has 2 rings (SSSR count). The van der Waals surface area contributed by atoms with Crippen LogP contribution in [-0.4, -0.2) is 4.98 Å². The number of aromatic nitrogens is 1. The molecule has 1 aromatic carbocycles. The van der Waals surface area contributed by atoms with E-state index >= 15 is 0 Å². The van der Waals surface area contributed by atoms with E-state index < -0.39 is 0 Å². The number of fused-ring (bicyclic) bond motifs is 1. The zero-order chi connectivity index (χ0) is 10.8. The number of pyridine rings is 1. The summed E-state index contributed by atoms with van der Waals surface area (Å²) in [5.74, 6) is 0. The van der Waals surface area contributed by atoms with E-state index in [0.29, 0.717) is 0 Å². The molecule has 0 aliphatic carbocycles. The first-order valence-electron chi connectivity index (χ1n) is 4.62. The van der Waals surface area contributed by atoms with Gasteiger partial charge in [-0.2, -0.15) is 5.26 Å². The van der Waals surface area contributed by atoms with Crippen LogP contribution in [0, 0.1) is 18.3 Å². The molecule has 0 N–H and O–H groups in total. The van der Waals surface area contributed by atoms with Crippen LogP contribution in [0.3, 0.4) is 0 Å². The molecule has 74 valence electrons. The molecule has 1 atom stereocenters. The highest BCUT2D eigenvalue weighted by atomic mass is 127. The normalized spacial score (nSPS) is 12.3. The van der Waals surface area contributed by atoms with Gasteiger partial charge >= 0.3 is 0 Å². The van der Waals surface area contributed by atoms with Crippen molar-refractivity contribution in [2.45, 2.75) is 10.8 Å². The second-order valence-electron chi connectivity index (χ2n) is 3.42. The fourth-order valence-electron chi connectivity index (χ4n) is 1.47. The summed E-state index contributed by atoms with van der Waals surface area (Å²) in [6, 6.07) is 12.2. The van der Waals surface area contributed by atoms with Crippen molar-refractivity contribution < 1.29 is 0 Å². The minimum atomic E-state index is -0.173. The molecule has 1 unspecified atom stereocenters. The molecule has 0 spiro atoms. The molecule has 0 saturated carbocycles. The lowest BCUT2D eigenvalue weighted by Gasteiger charge is -2.03. The van der Waals surface area contributed by atoms with Crippen LogP contribution in [0.25, 0.3) is 10.9 Å². The SMILES string of the molecule is Cc1ccc2nc(C(I)C#N)ccc2c1. The number of rotatable bonds is 1. The van der Waals surface area contributed by atoms with Gasteiger partial charge < -0.3 is 0 Å². The standard InChI is InChI=1S/C12H9IN2/c1-8-2-4-11-9(6-8)3-5-12(15-11)10(13)7-14/h2-6,10H,1H3. The lowest BCUT2D eigenvalue weighted by atomic mass is 10.1. The van der Waals surface area contributed by atoms with Gasteiger partial charge in [0.15, 0.2) is 0 Å². The van der Waals surface area contributed by atoms with E-state index in [0.717, 1.165) is 16.6 Å². The Morgan fingerprint density at radius 2 is 2.13 bits per heavy atom. The van der Waals surface area contributed by atoms with E-state index in [-0.39, 0.29) is 3.92 Å². The summed E-state index contributed by atoms with van der Waals surface area (Å²) in [4.78, 5) is 4.46. The topological polar surface area (TPSA) is 36.7 Å². The van der Waals surface area contributed by atoms with Crippen molar-refractivity contribution in [1.82, 2.24) is 4.98 Å². The number of halogens is 1. The molecular formula is C12H9IN2. The molecule has 2 aromatic rings. The number of alkyl halides is 1. The van der Waals surface area contributed by atoms with Gasteiger partial charge in [0.05, 0.1) is 17.3 Å². The third-order valence-corrected chi connectivity index (χ3v) is 3.16. The largest absolute Gasteiger partial charge is 0.251 e. The predicted molar refractivity (Wildman–Crippen MR) is 68.9 cm³/mol. The summed E-state index contributed by atoms with van der Waals surface area (Å²) in [5, 5.41) is 9.93. The van der Waals surface area contributed by atoms with Gasteiger partial charge in [-0.15, -0.1) is 0 Å². The van der Waals surface area contributed by atoms with E-state index in [1.165, 1.54) is 5.56 Å². The molecule has 0 aliphatic heterocycles. The van der Waals surface area contributed by atoms with Crippen LogP contribution in [0.5, 0.6) is 0 Å². The Bertz CT molecular complexity index is 543. The third-order valence-electron chi connectivity index (χ3n) is 2.24. The Kier molecular flexibility index (Phi) is 2.87. The molecule has 0 fully saturated rings. The van der Waals surface area contributed by atoms with Crippen molar-refractivity contribution in [3.8, 4) is 6.07 Å². The van der Waals surface area contributed by atoms with Gasteiger partial charge in [-0.25, -0.2) is 0 Å². The molecular weight excluding hydrogens is 299 g/mol. The number of aryl methyl sites for hydroxylation is 1. The molecule has 0 saturated heterocycles. The summed E-state index contributed by atoms with van der Waals surface area (Å²) in [6.45, 7) is 2.06. The smallest absolute Gasteiger partial charge is 0.140 e. The fraction of sp³-hybridized carbons (Fsp3) is 0.167. The minimum Gasteiger partial charge on any atom is -0.251 e. The Morgan fingerprint density at radius 1 is 1.33 bits per heavy atom. The highest BCUT2D eigenvalue weighted by Gasteiger charge is 2.07. The summed E-state index contributed by atoms with van der Waals surface area (Å²) >= 11 is 2.09. The van der Waals surface area contributed by atoms with Gasteiger partial charge in [-0.1, -0.05) is 40.3 Å². The van der Waals surface area contributed by atoms with E-state index in [1.807, 2.05) is 24.3 Å². The zero-order valence-electron chi connectivity index (χ0n) is 8.24. The maximum Gasteiger partial charge on any atom is 0.140 e. The first kappa shape index (κ1) is 10.4. The van der Waals surface area contributed by atoms with Crippen LogP contribution in [0.4, 0.5) is 0 Å². The fourth-order valence-corrected chi connectivity index (χ4v) is 1.81. The summed E-state index contributed by atoms with van der Waals surface area (Å²) in [7, 11) is 0. The van der Waals surface area contributed by atoms with Crippen molar-refractivity contribution >= 4 is 33.5 Å². The van der Waals surface area contributed by atoms with Crippen LogP contribution >= 0.6 is 22.6 Å². The first-order valence-corrected chi connectivity index (χ1v) is 5.86. The summed E-state index contributed by atoms with van der Waals surface area (Å²) < 4.78 is -0.173. The van der Waals surface area contributed by atoms with Crippen LogP contribution < -0.4 is 0 Å². The Hall–Kier alpha value is -1.15. The van der Waals surface area contributed by atoms with E-state index in [2.05, 4.69) is 46.6 Å². The van der Waals surface area contributed by atoms with Gasteiger partial charge in [0, 0.05) is 5.39 Å². The Labute approximate surface area is 102 Å². The maximum absolute atomic E-state index is 8.81. The molecule has 1 heterocycles. The molecule has 2 nitrogen and oxygen atoms in total. The molecule has 0 aliphatic rings. The van der Waals surface area contributed by atoms with Crippen LogP contribution in [0.1, 0.15) is 15.2 Å². The Morgan fingerprint density at radius 3 is 2.87 bits per heavy atom. The van der Waals surface area contributed by atoms with Crippen molar-refractivity contribution in [2.75, 3.05) is 0 Å². The monoisotopic (exact) mass is 308 g/mol. The van der Waals surface area contributed by atoms with Crippen molar-refractivity contribution in [1.29, 1.82) is 5.26 Å². The zero-order valence-corrected chi connectivity index (χ0v) is 10.4. The summed E-state index contributed by atoms with van der Waals surface area (Å²) in [5.41, 5.74) is 3.01. The van der Waals surface area contributed by atoms with Gasteiger partial charge in [-0.3, -0.25) is 4.98 Å². The predicted octanol–water partition coefficient (Wildman–Crippen LogP) is 3.54.